The third-order valence-corrected chi connectivity index (χ3v) is 10.1. The zero-order valence-electron chi connectivity index (χ0n) is 30.6. The summed E-state index contributed by atoms with van der Waals surface area (Å²) in [5, 5.41) is 15.3. The zero-order valence-corrected chi connectivity index (χ0v) is 30.6. The lowest BCUT2D eigenvalue weighted by Gasteiger charge is -2.27. The highest BCUT2D eigenvalue weighted by molar-refractivity contribution is 6.07. The molecule has 2 aromatic carbocycles. The number of aromatic nitrogens is 8. The molecule has 0 saturated carbocycles. The highest BCUT2D eigenvalue weighted by atomic mass is 16.5. The van der Waals surface area contributed by atoms with Gasteiger partial charge in [0.2, 0.25) is 23.7 Å². The molecule has 4 amide bonds. The van der Waals surface area contributed by atoms with Crippen LogP contribution in [0.25, 0.3) is 28.1 Å². The molecule has 17 nitrogen and oxygen atoms in total. The summed E-state index contributed by atoms with van der Waals surface area (Å²) in [4.78, 5) is 61.9. The summed E-state index contributed by atoms with van der Waals surface area (Å²) in [6.45, 7) is 7.21. The molecule has 6 heterocycles. The molecule has 0 spiro atoms. The minimum absolute atomic E-state index is 0.225. The number of hydrogen-bond donors (Lipinski definition) is 4. The van der Waals surface area contributed by atoms with Crippen LogP contribution < -0.4 is 26.8 Å². The Hall–Kier alpha value is -6.78. The molecular weight excluding hydrogens is 704 g/mol. The molecule has 0 unspecified atom stereocenters. The average Bonchev–Trinajstić information content (AvgIpc) is 3.90. The van der Waals surface area contributed by atoms with Crippen LogP contribution in [0.4, 0.5) is 11.9 Å². The van der Waals surface area contributed by atoms with E-state index in [1.54, 1.807) is 45.8 Å². The van der Waals surface area contributed by atoms with Gasteiger partial charge in [-0.3, -0.25) is 39.2 Å². The lowest BCUT2D eigenvalue weighted by Crippen LogP contribution is -2.27. The molecular formula is C38H40N12O5. The molecule has 2 aliphatic heterocycles. The van der Waals surface area contributed by atoms with E-state index in [4.69, 9.17) is 26.2 Å². The molecule has 0 radical (unpaired) electrons. The highest BCUT2D eigenvalue weighted by Gasteiger charge is 2.31. The molecule has 2 aliphatic rings. The lowest BCUT2D eigenvalue weighted by atomic mass is 10.1. The summed E-state index contributed by atoms with van der Waals surface area (Å²) >= 11 is 0. The van der Waals surface area contributed by atoms with E-state index in [0.717, 1.165) is 0 Å². The van der Waals surface area contributed by atoms with Crippen LogP contribution in [0.15, 0.2) is 42.5 Å². The van der Waals surface area contributed by atoms with Gasteiger partial charge in [-0.2, -0.15) is 10.2 Å². The van der Waals surface area contributed by atoms with E-state index in [9.17, 15) is 19.2 Å². The maximum absolute atomic E-state index is 14.3. The number of primary amides is 2. The van der Waals surface area contributed by atoms with E-state index < -0.39 is 11.8 Å². The summed E-state index contributed by atoms with van der Waals surface area (Å²) < 4.78 is 13.4. The smallest absolute Gasteiger partial charge is 0.276 e. The molecule has 0 bridgehead atoms. The number of benzene rings is 2. The van der Waals surface area contributed by atoms with Crippen molar-refractivity contribution in [1.29, 1.82) is 0 Å². The van der Waals surface area contributed by atoms with Gasteiger partial charge in [-0.15, -0.1) is 0 Å². The Morgan fingerprint density at radius 2 is 1.67 bits per heavy atom. The van der Waals surface area contributed by atoms with Crippen LogP contribution in [0, 0.1) is 13.8 Å². The predicted octanol–water partition coefficient (Wildman–Crippen LogP) is 4.34. The van der Waals surface area contributed by atoms with Crippen LogP contribution in [0.1, 0.15) is 97.3 Å². The highest BCUT2D eigenvalue weighted by Crippen LogP contribution is 2.39. The van der Waals surface area contributed by atoms with Gasteiger partial charge in [-0.25, -0.2) is 9.97 Å². The van der Waals surface area contributed by atoms with Crippen LogP contribution in [-0.2, 0) is 19.6 Å². The summed E-state index contributed by atoms with van der Waals surface area (Å²) in [5.41, 5.74) is 16.9. The van der Waals surface area contributed by atoms with Gasteiger partial charge < -0.3 is 25.3 Å². The van der Waals surface area contributed by atoms with Crippen LogP contribution in [0.5, 0.6) is 5.75 Å². The molecule has 1 atom stereocenters. The quantitative estimate of drug-likeness (QED) is 0.202. The maximum Gasteiger partial charge on any atom is 0.276 e. The van der Waals surface area contributed by atoms with E-state index in [0.29, 0.717) is 119 Å². The maximum atomic E-state index is 14.3. The summed E-state index contributed by atoms with van der Waals surface area (Å²) in [7, 11) is 0. The molecule has 6 N–H and O–H groups in total. The average molecular weight is 745 g/mol. The molecule has 8 rings (SSSR count). The molecule has 282 valence electrons. The van der Waals surface area contributed by atoms with Gasteiger partial charge in [0.25, 0.3) is 11.8 Å². The standard InChI is InChI=1S/C38H40N12O5/c1-4-48-31-25(21(3)46-48)10-6-5-7-14-49-29(15-20(2)45-49)35(53)43-37-41-26-16-22(33(39)51)11-12-28(26)47(37)13-8-9-24-19-55-30-18-23(34(40)52)17-27-32(30)50(24)38(42-27)44-36(31)54/h6,10-12,15-18,24H,4-5,7-9,13-14,19H2,1-3H3,(H2,39,51)(H2,40,52)(H,41,43,53)(H,42,44,54)/t24-/m0/s1. The number of imidazole rings is 2. The van der Waals surface area contributed by atoms with E-state index in [1.165, 1.54) is 0 Å². The lowest BCUT2D eigenvalue weighted by molar-refractivity contribution is 0.0991. The Balaban J connectivity index is 1.23. The molecule has 0 fully saturated rings. The SMILES string of the molecule is CCn1nc(C)c2c1C(=O)Nc1nc3cc(C(N)=O)cc4c3n1[C@@H](CCCn1c(nc3cc(C(N)=O)ccc31)NC(=O)c1cc(C)nn1CCCC=C2)CO4. The van der Waals surface area contributed by atoms with Crippen LogP contribution in [0.2, 0.25) is 0 Å². The zero-order chi connectivity index (χ0) is 38.5. The van der Waals surface area contributed by atoms with Crippen molar-refractivity contribution in [3.05, 3.63) is 81.9 Å². The minimum atomic E-state index is -0.625. The second kappa shape index (κ2) is 13.9. The molecule has 0 aliphatic carbocycles. The number of nitrogens with two attached hydrogens (primary N) is 2. The fourth-order valence-corrected chi connectivity index (χ4v) is 7.50. The van der Waals surface area contributed by atoms with Crippen molar-refractivity contribution >= 4 is 63.7 Å². The number of hydrogen-bond acceptors (Lipinski definition) is 9. The third kappa shape index (κ3) is 6.36. The van der Waals surface area contributed by atoms with Gasteiger partial charge in [0.15, 0.2) is 0 Å². The number of ether oxygens (including phenoxy) is 1. The number of allylic oxidation sites excluding steroid dienone is 1. The van der Waals surface area contributed by atoms with Crippen molar-refractivity contribution in [2.75, 3.05) is 17.2 Å². The van der Waals surface area contributed by atoms with E-state index in [-0.39, 0.29) is 30.0 Å². The molecule has 55 heavy (non-hydrogen) atoms. The normalized spacial score (nSPS) is 16.4. The summed E-state index contributed by atoms with van der Waals surface area (Å²) in [6.07, 6.45) is 6.33. The predicted molar refractivity (Wildman–Crippen MR) is 204 cm³/mol. The topological polar surface area (TPSA) is 225 Å². The molecule has 4 aromatic heterocycles. The minimum Gasteiger partial charge on any atom is -0.489 e. The van der Waals surface area contributed by atoms with Gasteiger partial charge in [-0.05, 0) is 82.9 Å². The van der Waals surface area contributed by atoms with Crippen LogP contribution in [0.3, 0.4) is 0 Å². The van der Waals surface area contributed by atoms with Crippen molar-refractivity contribution in [1.82, 2.24) is 38.7 Å². The first-order chi connectivity index (χ1) is 26.5. The first kappa shape index (κ1) is 35.3. The van der Waals surface area contributed by atoms with Crippen molar-refractivity contribution in [2.24, 2.45) is 11.5 Å². The number of carbonyl (C=O) groups excluding carboxylic acids is 4. The van der Waals surface area contributed by atoms with Gasteiger partial charge in [0, 0.05) is 36.3 Å². The van der Waals surface area contributed by atoms with E-state index >= 15 is 0 Å². The van der Waals surface area contributed by atoms with Gasteiger partial charge in [0.05, 0.1) is 34.0 Å². The van der Waals surface area contributed by atoms with Gasteiger partial charge >= 0.3 is 0 Å². The Morgan fingerprint density at radius 3 is 2.45 bits per heavy atom. The first-order valence-electron chi connectivity index (χ1n) is 18.2. The number of nitrogens with zero attached hydrogens (tertiary/aromatic N) is 8. The monoisotopic (exact) mass is 744 g/mol. The Kier molecular flexibility index (Phi) is 8.90. The van der Waals surface area contributed by atoms with Gasteiger partial charge in [0.1, 0.15) is 29.3 Å². The second-order valence-electron chi connectivity index (χ2n) is 13.8. The number of fused-ring (bicyclic) bond motifs is 5. The number of carbonyl (C=O) groups is 4. The third-order valence-electron chi connectivity index (χ3n) is 10.1. The van der Waals surface area contributed by atoms with E-state index in [1.807, 2.05) is 42.1 Å². The largest absolute Gasteiger partial charge is 0.489 e. The number of nitrogens with one attached hydrogen (secondary N) is 2. The van der Waals surface area contributed by atoms with Crippen molar-refractivity contribution in [3.63, 3.8) is 0 Å². The van der Waals surface area contributed by atoms with Crippen molar-refractivity contribution in [3.8, 4) is 5.75 Å². The number of amides is 4. The molecule has 0 saturated heterocycles. The molecule has 17 heteroatoms. The number of rotatable bonds is 3. The summed E-state index contributed by atoms with van der Waals surface area (Å²) in [5.74, 6) is -0.929. The van der Waals surface area contributed by atoms with Crippen LogP contribution in [-0.4, -0.2) is 68.9 Å². The van der Waals surface area contributed by atoms with Gasteiger partial charge in [-0.1, -0.05) is 12.2 Å². The Labute approximate surface area is 314 Å². The second-order valence-corrected chi connectivity index (χ2v) is 13.8. The molecule has 6 aromatic rings. The number of anilines is 2. The van der Waals surface area contributed by atoms with Crippen molar-refractivity contribution in [2.45, 2.75) is 72.1 Å². The Morgan fingerprint density at radius 1 is 0.909 bits per heavy atom. The van der Waals surface area contributed by atoms with Crippen molar-refractivity contribution < 1.29 is 23.9 Å². The fraction of sp³-hybridized carbons (Fsp3) is 0.316. The van der Waals surface area contributed by atoms with E-state index in [2.05, 4.69) is 20.8 Å². The summed E-state index contributed by atoms with van der Waals surface area (Å²) in [6, 6.07) is 9.65. The van der Waals surface area contributed by atoms with Crippen LogP contribution >= 0.6 is 0 Å². The number of aryl methyl sites for hydroxylation is 5. The Bertz CT molecular complexity index is 2590. The fourth-order valence-electron chi connectivity index (χ4n) is 7.50. The first-order valence-corrected chi connectivity index (χ1v) is 18.2.